The summed E-state index contributed by atoms with van der Waals surface area (Å²) >= 11 is 0. The van der Waals surface area contributed by atoms with E-state index in [4.69, 9.17) is 0 Å². The molecule has 1 aliphatic carbocycles. The molecular weight excluding hydrogens is 140 g/mol. The van der Waals surface area contributed by atoms with Gasteiger partial charge in [-0.2, -0.15) is 0 Å². The Hall–Kier alpha value is -0.660. The fourth-order valence-electron chi connectivity index (χ4n) is 1.69. The average Bonchev–Trinajstić information content (AvgIpc) is 2.29. The first-order valence-electron chi connectivity index (χ1n) is 4.19. The van der Waals surface area contributed by atoms with E-state index in [1.54, 1.807) is 0 Å². The smallest absolute Gasteiger partial charge is 0.198 e. The summed E-state index contributed by atoms with van der Waals surface area (Å²) in [5.41, 5.74) is 0.0220. The van der Waals surface area contributed by atoms with E-state index in [0.29, 0.717) is 12.8 Å². The van der Waals surface area contributed by atoms with Crippen LogP contribution in [0.2, 0.25) is 0 Å². The van der Waals surface area contributed by atoms with Gasteiger partial charge in [0.25, 0.3) is 0 Å². The summed E-state index contributed by atoms with van der Waals surface area (Å²) in [6.07, 6.45) is 2.86. The second-order valence-corrected chi connectivity index (χ2v) is 3.41. The molecular formula is C9H14O2. The first kappa shape index (κ1) is 8.44. The van der Waals surface area contributed by atoms with Gasteiger partial charge >= 0.3 is 0 Å². The topological polar surface area (TPSA) is 34.1 Å². The molecule has 0 spiro atoms. The van der Waals surface area contributed by atoms with Gasteiger partial charge in [0.05, 0.1) is 0 Å². The molecule has 1 fully saturated rings. The van der Waals surface area contributed by atoms with Crippen molar-refractivity contribution in [1.82, 2.24) is 0 Å². The fourth-order valence-corrected chi connectivity index (χ4v) is 1.69. The van der Waals surface area contributed by atoms with Crippen LogP contribution in [0, 0.1) is 5.41 Å². The lowest BCUT2D eigenvalue weighted by atomic mass is 9.81. The second kappa shape index (κ2) is 2.76. The van der Waals surface area contributed by atoms with Crippen LogP contribution in [0.25, 0.3) is 0 Å². The van der Waals surface area contributed by atoms with Crippen LogP contribution in [0.3, 0.4) is 0 Å². The van der Waals surface area contributed by atoms with Crippen LogP contribution in [0.5, 0.6) is 0 Å². The molecule has 1 rings (SSSR count). The highest BCUT2D eigenvalue weighted by Crippen LogP contribution is 2.39. The van der Waals surface area contributed by atoms with Crippen LogP contribution in [-0.4, -0.2) is 11.6 Å². The first-order valence-corrected chi connectivity index (χ1v) is 4.19. The lowest BCUT2D eigenvalue weighted by molar-refractivity contribution is -0.134. The number of carbonyl (C=O) groups is 2. The third-order valence-corrected chi connectivity index (χ3v) is 2.88. The normalized spacial score (nSPS) is 22.7. The van der Waals surface area contributed by atoms with Crippen LogP contribution in [-0.2, 0) is 9.59 Å². The molecule has 2 heteroatoms. The van der Waals surface area contributed by atoms with Gasteiger partial charge in [-0.1, -0.05) is 13.8 Å². The number of Topliss-reactive ketones (excluding diaryl/α,β-unsaturated/α-hetero) is 2. The Kier molecular flexibility index (Phi) is 2.12. The van der Waals surface area contributed by atoms with Crippen molar-refractivity contribution in [3.8, 4) is 0 Å². The Labute approximate surface area is 67.0 Å². The predicted molar refractivity (Wildman–Crippen MR) is 42.3 cm³/mol. The van der Waals surface area contributed by atoms with E-state index in [0.717, 1.165) is 12.8 Å². The summed E-state index contributed by atoms with van der Waals surface area (Å²) in [7, 11) is 0. The number of ketones is 2. The molecule has 0 atom stereocenters. The quantitative estimate of drug-likeness (QED) is 0.567. The zero-order chi connectivity index (χ0) is 8.48. The van der Waals surface area contributed by atoms with E-state index >= 15 is 0 Å². The van der Waals surface area contributed by atoms with E-state index in [2.05, 4.69) is 13.8 Å². The van der Waals surface area contributed by atoms with Gasteiger partial charge in [0, 0.05) is 12.8 Å². The lowest BCUT2D eigenvalue weighted by Gasteiger charge is -2.22. The third-order valence-electron chi connectivity index (χ3n) is 2.88. The fraction of sp³-hybridized carbons (Fsp3) is 0.778. The summed E-state index contributed by atoms with van der Waals surface area (Å²) in [5.74, 6) is -0.317. The molecule has 0 aromatic rings. The van der Waals surface area contributed by atoms with Gasteiger partial charge in [0.15, 0.2) is 11.6 Å². The van der Waals surface area contributed by atoms with Crippen molar-refractivity contribution in [2.75, 3.05) is 0 Å². The second-order valence-electron chi connectivity index (χ2n) is 3.41. The minimum atomic E-state index is -0.159. The van der Waals surface area contributed by atoms with Gasteiger partial charge in [0.1, 0.15) is 0 Å². The molecule has 11 heavy (non-hydrogen) atoms. The maximum Gasteiger partial charge on any atom is 0.198 e. The van der Waals surface area contributed by atoms with Crippen molar-refractivity contribution in [3.63, 3.8) is 0 Å². The van der Waals surface area contributed by atoms with E-state index in [1.165, 1.54) is 0 Å². The molecule has 1 aliphatic rings. The van der Waals surface area contributed by atoms with Gasteiger partial charge in [0.2, 0.25) is 0 Å². The monoisotopic (exact) mass is 154 g/mol. The van der Waals surface area contributed by atoms with Crippen molar-refractivity contribution in [2.45, 2.75) is 39.5 Å². The maximum atomic E-state index is 11.0. The van der Waals surface area contributed by atoms with Crippen LogP contribution in [0.4, 0.5) is 0 Å². The number of hydrogen-bond donors (Lipinski definition) is 0. The molecule has 2 nitrogen and oxygen atoms in total. The van der Waals surface area contributed by atoms with Gasteiger partial charge in [-0.15, -0.1) is 0 Å². The van der Waals surface area contributed by atoms with Gasteiger partial charge < -0.3 is 0 Å². The molecule has 0 aromatic carbocycles. The highest BCUT2D eigenvalue weighted by atomic mass is 16.2. The van der Waals surface area contributed by atoms with Crippen LogP contribution < -0.4 is 0 Å². The van der Waals surface area contributed by atoms with Crippen molar-refractivity contribution in [2.24, 2.45) is 5.41 Å². The minimum absolute atomic E-state index is 0.0220. The SMILES string of the molecule is CCC1(CC)CC(=O)C(=O)C1. The largest absolute Gasteiger partial charge is 0.291 e. The molecule has 0 unspecified atom stereocenters. The Balaban J connectivity index is 2.76. The zero-order valence-electron chi connectivity index (χ0n) is 7.14. The maximum absolute atomic E-state index is 11.0. The molecule has 0 heterocycles. The number of hydrogen-bond acceptors (Lipinski definition) is 2. The number of rotatable bonds is 2. The van der Waals surface area contributed by atoms with Crippen molar-refractivity contribution in [3.05, 3.63) is 0 Å². The Bertz CT molecular complexity index is 172. The highest BCUT2D eigenvalue weighted by Gasteiger charge is 2.40. The average molecular weight is 154 g/mol. The Morgan fingerprint density at radius 3 is 1.64 bits per heavy atom. The van der Waals surface area contributed by atoms with Gasteiger partial charge in [-0.25, -0.2) is 0 Å². The van der Waals surface area contributed by atoms with Crippen molar-refractivity contribution < 1.29 is 9.59 Å². The molecule has 0 amide bonds. The minimum Gasteiger partial charge on any atom is -0.291 e. The first-order chi connectivity index (χ1) is 5.13. The molecule has 0 aliphatic heterocycles. The highest BCUT2D eigenvalue weighted by molar-refractivity contribution is 6.39. The van der Waals surface area contributed by atoms with Gasteiger partial charge in [-0.05, 0) is 18.3 Å². The van der Waals surface area contributed by atoms with Crippen LogP contribution in [0.1, 0.15) is 39.5 Å². The van der Waals surface area contributed by atoms with Crippen molar-refractivity contribution >= 4 is 11.6 Å². The molecule has 62 valence electrons. The van der Waals surface area contributed by atoms with Gasteiger partial charge in [-0.3, -0.25) is 9.59 Å². The summed E-state index contributed by atoms with van der Waals surface area (Å²) in [6.45, 7) is 4.10. The van der Waals surface area contributed by atoms with E-state index < -0.39 is 0 Å². The molecule has 0 N–H and O–H groups in total. The molecule has 0 saturated heterocycles. The third kappa shape index (κ3) is 1.35. The Morgan fingerprint density at radius 1 is 1.09 bits per heavy atom. The van der Waals surface area contributed by atoms with Crippen LogP contribution in [0.15, 0.2) is 0 Å². The molecule has 0 radical (unpaired) electrons. The summed E-state index contributed by atoms with van der Waals surface area (Å²) in [4.78, 5) is 21.9. The zero-order valence-corrected chi connectivity index (χ0v) is 7.14. The predicted octanol–water partition coefficient (Wildman–Crippen LogP) is 1.72. The van der Waals surface area contributed by atoms with E-state index in [9.17, 15) is 9.59 Å². The standard InChI is InChI=1S/C9H14O2/c1-3-9(4-2)5-7(10)8(11)6-9/h3-6H2,1-2H3. The van der Waals surface area contributed by atoms with Crippen LogP contribution >= 0.6 is 0 Å². The number of carbonyl (C=O) groups excluding carboxylic acids is 2. The van der Waals surface area contributed by atoms with Crippen molar-refractivity contribution in [1.29, 1.82) is 0 Å². The van der Waals surface area contributed by atoms with E-state index in [-0.39, 0.29) is 17.0 Å². The summed E-state index contributed by atoms with van der Waals surface area (Å²) in [5, 5.41) is 0. The lowest BCUT2D eigenvalue weighted by Crippen LogP contribution is -2.14. The summed E-state index contributed by atoms with van der Waals surface area (Å²) < 4.78 is 0. The summed E-state index contributed by atoms with van der Waals surface area (Å²) in [6, 6.07) is 0. The molecule has 1 saturated carbocycles. The Morgan fingerprint density at radius 2 is 1.45 bits per heavy atom. The van der Waals surface area contributed by atoms with E-state index in [1.807, 2.05) is 0 Å². The molecule has 0 aromatic heterocycles. The molecule has 0 bridgehead atoms.